The number of hydrogen-bond donors (Lipinski definition) is 0. The molecule has 3 rings (SSSR count). The van der Waals surface area contributed by atoms with Crippen LogP contribution in [0.4, 0.5) is 4.39 Å². The molecule has 4 heteroatoms. The Morgan fingerprint density at radius 2 is 2.11 bits per heavy atom. The van der Waals surface area contributed by atoms with Gasteiger partial charge in [-0.05, 0) is 37.1 Å². The number of amides is 1. The third-order valence-electron chi connectivity index (χ3n) is 3.49. The van der Waals surface area contributed by atoms with Crippen molar-refractivity contribution in [2.24, 2.45) is 0 Å². The number of rotatable bonds is 2. The van der Waals surface area contributed by atoms with Crippen LogP contribution in [0.1, 0.15) is 35.0 Å². The van der Waals surface area contributed by atoms with Crippen molar-refractivity contribution in [1.82, 2.24) is 4.90 Å². The van der Waals surface area contributed by atoms with Gasteiger partial charge in [-0.1, -0.05) is 12.1 Å². The first-order valence-corrected chi connectivity index (χ1v) is 6.36. The standard InChI is InChI=1S/C15H14FNO2/c16-12-6-2-1-5-11(12)15(18)17-9-3-7-13(17)14-8-4-10-19-14/h1-2,4-6,8,10,13H,3,7,9H2/t13-/m1/s1. The fourth-order valence-corrected chi connectivity index (χ4v) is 2.58. The highest BCUT2D eigenvalue weighted by Crippen LogP contribution is 2.33. The van der Waals surface area contributed by atoms with Crippen LogP contribution in [-0.4, -0.2) is 17.4 Å². The fraction of sp³-hybridized carbons (Fsp3) is 0.267. The summed E-state index contributed by atoms with van der Waals surface area (Å²) >= 11 is 0. The molecule has 1 fully saturated rings. The van der Waals surface area contributed by atoms with E-state index in [1.165, 1.54) is 12.1 Å². The number of carbonyl (C=O) groups is 1. The lowest BCUT2D eigenvalue weighted by Gasteiger charge is -2.23. The molecule has 2 heterocycles. The average molecular weight is 259 g/mol. The van der Waals surface area contributed by atoms with Crippen LogP contribution in [-0.2, 0) is 0 Å². The van der Waals surface area contributed by atoms with Crippen molar-refractivity contribution in [2.75, 3.05) is 6.54 Å². The molecule has 1 saturated heterocycles. The minimum atomic E-state index is -0.474. The van der Waals surface area contributed by atoms with Crippen molar-refractivity contribution in [3.05, 3.63) is 59.8 Å². The minimum absolute atomic E-state index is 0.0814. The topological polar surface area (TPSA) is 33.5 Å². The molecule has 1 aliphatic rings. The van der Waals surface area contributed by atoms with Crippen molar-refractivity contribution in [1.29, 1.82) is 0 Å². The average Bonchev–Trinajstić information content (AvgIpc) is 3.09. The zero-order valence-electron chi connectivity index (χ0n) is 10.4. The van der Waals surface area contributed by atoms with Crippen LogP contribution in [0.15, 0.2) is 47.1 Å². The van der Waals surface area contributed by atoms with Gasteiger partial charge in [0.25, 0.3) is 5.91 Å². The van der Waals surface area contributed by atoms with Crippen LogP contribution in [0.3, 0.4) is 0 Å². The van der Waals surface area contributed by atoms with Crippen molar-refractivity contribution in [2.45, 2.75) is 18.9 Å². The molecule has 1 amide bonds. The summed E-state index contributed by atoms with van der Waals surface area (Å²) in [6.07, 6.45) is 3.36. The summed E-state index contributed by atoms with van der Waals surface area (Å²) < 4.78 is 19.1. The molecule has 0 aliphatic carbocycles. The molecule has 0 unspecified atom stereocenters. The summed E-state index contributed by atoms with van der Waals surface area (Å²) in [6.45, 7) is 0.637. The van der Waals surface area contributed by atoms with Gasteiger partial charge in [0.1, 0.15) is 11.6 Å². The molecule has 98 valence electrons. The molecule has 0 radical (unpaired) electrons. The van der Waals surface area contributed by atoms with Crippen molar-refractivity contribution >= 4 is 5.91 Å². The first-order valence-electron chi connectivity index (χ1n) is 6.36. The zero-order valence-corrected chi connectivity index (χ0v) is 10.4. The lowest BCUT2D eigenvalue weighted by molar-refractivity contribution is 0.0715. The van der Waals surface area contributed by atoms with Gasteiger partial charge in [0.15, 0.2) is 0 Å². The van der Waals surface area contributed by atoms with E-state index in [9.17, 15) is 9.18 Å². The Kier molecular flexibility index (Phi) is 3.07. The van der Waals surface area contributed by atoms with Gasteiger partial charge in [-0.3, -0.25) is 4.79 Å². The maximum Gasteiger partial charge on any atom is 0.257 e. The highest BCUT2D eigenvalue weighted by molar-refractivity contribution is 5.94. The van der Waals surface area contributed by atoms with Crippen molar-refractivity contribution in [3.8, 4) is 0 Å². The smallest absolute Gasteiger partial charge is 0.257 e. The predicted octanol–water partition coefficient (Wildman–Crippen LogP) is 3.40. The van der Waals surface area contributed by atoms with Gasteiger partial charge in [0.05, 0.1) is 17.9 Å². The molecular weight excluding hydrogens is 245 g/mol. The molecule has 1 aromatic carbocycles. The Hall–Kier alpha value is -2.10. The molecule has 2 aromatic rings. The zero-order chi connectivity index (χ0) is 13.2. The van der Waals surface area contributed by atoms with E-state index < -0.39 is 5.82 Å². The summed E-state index contributed by atoms with van der Waals surface area (Å²) in [5.41, 5.74) is 0.126. The molecule has 1 aliphatic heterocycles. The number of nitrogens with zero attached hydrogens (tertiary/aromatic N) is 1. The van der Waals surface area contributed by atoms with E-state index >= 15 is 0 Å². The van der Waals surface area contributed by atoms with E-state index in [1.807, 2.05) is 6.07 Å². The number of hydrogen-bond acceptors (Lipinski definition) is 2. The number of furan rings is 1. The van der Waals surface area contributed by atoms with E-state index in [0.717, 1.165) is 18.6 Å². The normalized spacial score (nSPS) is 18.8. The molecule has 0 bridgehead atoms. The first-order chi connectivity index (χ1) is 9.27. The van der Waals surface area contributed by atoms with E-state index in [2.05, 4.69) is 0 Å². The van der Waals surface area contributed by atoms with Crippen molar-refractivity contribution < 1.29 is 13.6 Å². The Morgan fingerprint density at radius 3 is 2.84 bits per heavy atom. The highest BCUT2D eigenvalue weighted by atomic mass is 19.1. The molecule has 0 spiro atoms. The van der Waals surface area contributed by atoms with Gasteiger partial charge in [-0.15, -0.1) is 0 Å². The van der Waals surface area contributed by atoms with Gasteiger partial charge in [-0.25, -0.2) is 4.39 Å². The van der Waals surface area contributed by atoms with Crippen LogP contribution < -0.4 is 0 Å². The number of benzene rings is 1. The quantitative estimate of drug-likeness (QED) is 0.828. The number of carbonyl (C=O) groups excluding carboxylic acids is 1. The van der Waals surface area contributed by atoms with Crippen LogP contribution in [0.25, 0.3) is 0 Å². The lowest BCUT2D eigenvalue weighted by atomic mass is 10.1. The van der Waals surface area contributed by atoms with Gasteiger partial charge < -0.3 is 9.32 Å². The Balaban J connectivity index is 1.89. The summed E-state index contributed by atoms with van der Waals surface area (Å²) in [7, 11) is 0. The molecular formula is C15H14FNO2. The maximum absolute atomic E-state index is 13.7. The third-order valence-corrected chi connectivity index (χ3v) is 3.49. The lowest BCUT2D eigenvalue weighted by Crippen LogP contribution is -2.31. The second-order valence-electron chi connectivity index (χ2n) is 4.65. The van der Waals surface area contributed by atoms with E-state index in [-0.39, 0.29) is 17.5 Å². The second kappa shape index (κ2) is 4.88. The van der Waals surface area contributed by atoms with Gasteiger partial charge in [-0.2, -0.15) is 0 Å². The Bertz CT molecular complexity index is 580. The number of likely N-dealkylation sites (tertiary alicyclic amines) is 1. The van der Waals surface area contributed by atoms with Crippen LogP contribution in [0, 0.1) is 5.82 Å². The minimum Gasteiger partial charge on any atom is -0.467 e. The Morgan fingerprint density at radius 1 is 1.26 bits per heavy atom. The number of halogens is 1. The summed E-state index contributed by atoms with van der Waals surface area (Å²) in [4.78, 5) is 14.1. The van der Waals surface area contributed by atoms with Crippen LogP contribution in [0.2, 0.25) is 0 Å². The molecule has 1 atom stereocenters. The highest BCUT2D eigenvalue weighted by Gasteiger charge is 2.33. The third kappa shape index (κ3) is 2.14. The predicted molar refractivity (Wildman–Crippen MR) is 68.1 cm³/mol. The fourth-order valence-electron chi connectivity index (χ4n) is 2.58. The summed E-state index contributed by atoms with van der Waals surface area (Å²) in [6, 6.07) is 9.67. The monoisotopic (exact) mass is 259 g/mol. The Labute approximate surface area is 110 Å². The van der Waals surface area contributed by atoms with E-state index in [4.69, 9.17) is 4.42 Å². The van der Waals surface area contributed by atoms with Crippen LogP contribution in [0.5, 0.6) is 0 Å². The first kappa shape index (κ1) is 12.0. The molecule has 1 aromatic heterocycles. The van der Waals surface area contributed by atoms with Crippen LogP contribution >= 0.6 is 0 Å². The SMILES string of the molecule is O=C(c1ccccc1F)N1CCC[C@@H]1c1ccco1. The molecule has 0 N–H and O–H groups in total. The summed E-state index contributed by atoms with van der Waals surface area (Å²) in [5.74, 6) is 0.0248. The second-order valence-corrected chi connectivity index (χ2v) is 4.65. The van der Waals surface area contributed by atoms with Gasteiger partial charge >= 0.3 is 0 Å². The molecule has 3 nitrogen and oxygen atoms in total. The van der Waals surface area contributed by atoms with E-state index in [0.29, 0.717) is 6.54 Å². The molecule has 0 saturated carbocycles. The summed E-state index contributed by atoms with van der Waals surface area (Å²) in [5, 5.41) is 0. The van der Waals surface area contributed by atoms with E-state index in [1.54, 1.807) is 29.4 Å². The maximum atomic E-state index is 13.7. The van der Waals surface area contributed by atoms with Gasteiger partial charge in [0.2, 0.25) is 0 Å². The molecule has 19 heavy (non-hydrogen) atoms. The largest absolute Gasteiger partial charge is 0.467 e. The van der Waals surface area contributed by atoms with Crippen molar-refractivity contribution in [3.63, 3.8) is 0 Å². The van der Waals surface area contributed by atoms with Gasteiger partial charge in [0, 0.05) is 6.54 Å².